The molecular weight excluding hydrogens is 150 g/mol. The van der Waals surface area contributed by atoms with Gasteiger partial charge in [-0.1, -0.05) is 13.8 Å². The molecule has 1 rings (SSSR count). The van der Waals surface area contributed by atoms with Crippen LogP contribution in [-0.4, -0.2) is 10.7 Å². The van der Waals surface area contributed by atoms with E-state index in [4.69, 9.17) is 11.1 Å². The van der Waals surface area contributed by atoms with Gasteiger partial charge in [0.15, 0.2) is 0 Å². The third kappa shape index (κ3) is 1.61. The fraction of sp³-hybridized carbons (Fsp3) is 0.333. The van der Waals surface area contributed by atoms with Crippen LogP contribution in [0.1, 0.15) is 19.4 Å². The summed E-state index contributed by atoms with van der Waals surface area (Å²) in [7, 11) is 0. The van der Waals surface area contributed by atoms with E-state index in [1.54, 1.807) is 18.5 Å². The molecule has 0 fully saturated rings. The first-order chi connectivity index (χ1) is 5.63. The number of anilines is 1. The molecule has 0 spiro atoms. The Morgan fingerprint density at radius 2 is 2.25 bits per heavy atom. The lowest BCUT2D eigenvalue weighted by Crippen LogP contribution is -2.10. The van der Waals surface area contributed by atoms with Gasteiger partial charge in [0.2, 0.25) is 0 Å². The number of nitrogen functional groups attached to an aromatic ring is 1. The van der Waals surface area contributed by atoms with Crippen LogP contribution in [-0.2, 0) is 0 Å². The van der Waals surface area contributed by atoms with Crippen LogP contribution in [0.4, 0.5) is 5.69 Å². The average Bonchev–Trinajstić information content (AvgIpc) is 2.04. The molecule has 1 heterocycles. The standard InChI is InChI=1S/C9H13N3/c1-6(2)9(11)7-5-12-4-3-8(7)10/h3-6,11H,1-2H3,(H2,10,12). The van der Waals surface area contributed by atoms with Gasteiger partial charge in [0.1, 0.15) is 0 Å². The predicted octanol–water partition coefficient (Wildman–Crippen LogP) is 1.69. The first-order valence-electron chi connectivity index (χ1n) is 3.91. The van der Waals surface area contributed by atoms with Crippen LogP contribution in [0.2, 0.25) is 0 Å². The number of nitrogens with two attached hydrogens (primary N) is 1. The average molecular weight is 163 g/mol. The van der Waals surface area contributed by atoms with E-state index >= 15 is 0 Å². The molecule has 0 aliphatic heterocycles. The second kappa shape index (κ2) is 3.34. The topological polar surface area (TPSA) is 62.8 Å². The Morgan fingerprint density at radius 3 is 2.75 bits per heavy atom. The molecule has 0 atom stereocenters. The number of nitrogens with one attached hydrogen (secondary N) is 1. The third-order valence-corrected chi connectivity index (χ3v) is 1.72. The number of nitrogens with zero attached hydrogens (tertiary/aromatic N) is 1. The van der Waals surface area contributed by atoms with Crippen molar-refractivity contribution in [2.45, 2.75) is 13.8 Å². The highest BCUT2D eigenvalue weighted by atomic mass is 14.7. The normalized spacial score (nSPS) is 10.2. The molecule has 0 unspecified atom stereocenters. The molecule has 0 saturated heterocycles. The Balaban J connectivity index is 3.03. The van der Waals surface area contributed by atoms with E-state index < -0.39 is 0 Å². The highest BCUT2D eigenvalue weighted by Gasteiger charge is 2.08. The molecule has 64 valence electrons. The lowest BCUT2D eigenvalue weighted by atomic mass is 10.0. The minimum Gasteiger partial charge on any atom is -0.398 e. The quantitative estimate of drug-likeness (QED) is 0.651. The highest BCUT2D eigenvalue weighted by molar-refractivity contribution is 6.03. The van der Waals surface area contributed by atoms with Gasteiger partial charge in [-0.25, -0.2) is 0 Å². The van der Waals surface area contributed by atoms with Gasteiger partial charge in [-0.3, -0.25) is 4.98 Å². The predicted molar refractivity (Wildman–Crippen MR) is 50.3 cm³/mol. The van der Waals surface area contributed by atoms with Crippen LogP contribution in [0, 0.1) is 11.3 Å². The molecule has 0 radical (unpaired) electrons. The van der Waals surface area contributed by atoms with Crippen LogP contribution in [0.5, 0.6) is 0 Å². The third-order valence-electron chi connectivity index (χ3n) is 1.72. The van der Waals surface area contributed by atoms with Crippen molar-refractivity contribution < 1.29 is 0 Å². The first kappa shape index (κ1) is 8.71. The van der Waals surface area contributed by atoms with Crippen molar-refractivity contribution in [3.05, 3.63) is 24.0 Å². The van der Waals surface area contributed by atoms with E-state index in [0.717, 1.165) is 5.56 Å². The van der Waals surface area contributed by atoms with Crippen molar-refractivity contribution in [3.63, 3.8) is 0 Å². The first-order valence-corrected chi connectivity index (χ1v) is 3.91. The van der Waals surface area contributed by atoms with E-state index in [1.807, 2.05) is 13.8 Å². The molecule has 1 aromatic heterocycles. The fourth-order valence-electron chi connectivity index (χ4n) is 0.941. The second-order valence-corrected chi connectivity index (χ2v) is 3.03. The Kier molecular flexibility index (Phi) is 2.43. The van der Waals surface area contributed by atoms with Gasteiger partial charge in [0.05, 0.1) is 0 Å². The Morgan fingerprint density at radius 1 is 1.58 bits per heavy atom. The zero-order chi connectivity index (χ0) is 9.14. The largest absolute Gasteiger partial charge is 0.398 e. The van der Waals surface area contributed by atoms with Crippen LogP contribution in [0.3, 0.4) is 0 Å². The summed E-state index contributed by atoms with van der Waals surface area (Å²) < 4.78 is 0. The zero-order valence-electron chi connectivity index (χ0n) is 7.33. The highest BCUT2D eigenvalue weighted by Crippen LogP contribution is 2.13. The second-order valence-electron chi connectivity index (χ2n) is 3.03. The van der Waals surface area contributed by atoms with Gasteiger partial charge in [-0.2, -0.15) is 0 Å². The van der Waals surface area contributed by atoms with Crippen LogP contribution in [0.25, 0.3) is 0 Å². The van der Waals surface area contributed by atoms with Crippen molar-refractivity contribution in [1.29, 1.82) is 5.41 Å². The SMILES string of the molecule is CC(C)C(=N)c1cnccc1N. The summed E-state index contributed by atoms with van der Waals surface area (Å²) in [5.41, 5.74) is 7.59. The molecule has 3 heteroatoms. The monoisotopic (exact) mass is 163 g/mol. The molecular formula is C9H13N3. The van der Waals surface area contributed by atoms with Crippen molar-refractivity contribution >= 4 is 11.4 Å². The number of hydrogen-bond donors (Lipinski definition) is 2. The molecule has 0 aromatic carbocycles. The summed E-state index contributed by atoms with van der Waals surface area (Å²) in [4.78, 5) is 3.93. The summed E-state index contributed by atoms with van der Waals surface area (Å²) in [6.45, 7) is 3.93. The van der Waals surface area contributed by atoms with E-state index in [2.05, 4.69) is 4.98 Å². The van der Waals surface area contributed by atoms with Gasteiger partial charge in [-0.05, 0) is 12.0 Å². The number of rotatable bonds is 2. The summed E-state index contributed by atoms with van der Waals surface area (Å²) in [6.07, 6.45) is 3.27. The number of aromatic nitrogens is 1. The summed E-state index contributed by atoms with van der Waals surface area (Å²) in [6, 6.07) is 1.71. The molecule has 3 N–H and O–H groups in total. The van der Waals surface area contributed by atoms with Crippen molar-refractivity contribution in [2.24, 2.45) is 5.92 Å². The molecule has 0 aliphatic rings. The van der Waals surface area contributed by atoms with Gasteiger partial charge in [-0.15, -0.1) is 0 Å². The Hall–Kier alpha value is -1.38. The number of hydrogen-bond acceptors (Lipinski definition) is 3. The van der Waals surface area contributed by atoms with Crippen LogP contribution in [0.15, 0.2) is 18.5 Å². The zero-order valence-corrected chi connectivity index (χ0v) is 7.33. The summed E-state index contributed by atoms with van der Waals surface area (Å²) >= 11 is 0. The lowest BCUT2D eigenvalue weighted by molar-refractivity contribution is 0.877. The molecule has 1 aromatic rings. The summed E-state index contributed by atoms with van der Waals surface area (Å²) in [5, 5.41) is 7.71. The fourth-order valence-corrected chi connectivity index (χ4v) is 0.941. The maximum Gasteiger partial charge on any atom is 0.0447 e. The molecule has 0 amide bonds. The minimum atomic E-state index is 0.191. The van der Waals surface area contributed by atoms with E-state index in [0.29, 0.717) is 11.4 Å². The van der Waals surface area contributed by atoms with Crippen molar-refractivity contribution in [3.8, 4) is 0 Å². The molecule has 0 saturated carbocycles. The van der Waals surface area contributed by atoms with Crippen molar-refractivity contribution in [1.82, 2.24) is 4.98 Å². The molecule has 3 nitrogen and oxygen atoms in total. The van der Waals surface area contributed by atoms with Gasteiger partial charge in [0.25, 0.3) is 0 Å². The molecule has 12 heavy (non-hydrogen) atoms. The van der Waals surface area contributed by atoms with Crippen molar-refractivity contribution in [2.75, 3.05) is 5.73 Å². The minimum absolute atomic E-state index is 0.191. The van der Waals surface area contributed by atoms with E-state index in [-0.39, 0.29) is 5.92 Å². The lowest BCUT2D eigenvalue weighted by Gasteiger charge is -2.08. The van der Waals surface area contributed by atoms with Gasteiger partial charge >= 0.3 is 0 Å². The smallest absolute Gasteiger partial charge is 0.0447 e. The Bertz CT molecular complexity index is 292. The number of pyridine rings is 1. The van der Waals surface area contributed by atoms with E-state index in [9.17, 15) is 0 Å². The van der Waals surface area contributed by atoms with Gasteiger partial charge < -0.3 is 11.1 Å². The summed E-state index contributed by atoms with van der Waals surface area (Å²) in [5.74, 6) is 0.191. The maximum atomic E-state index is 7.71. The Labute approximate surface area is 72.1 Å². The molecule has 0 bridgehead atoms. The van der Waals surface area contributed by atoms with Gasteiger partial charge in [0, 0.05) is 29.4 Å². The van der Waals surface area contributed by atoms with Crippen LogP contribution < -0.4 is 5.73 Å². The van der Waals surface area contributed by atoms with E-state index in [1.165, 1.54) is 0 Å². The maximum absolute atomic E-state index is 7.71. The van der Waals surface area contributed by atoms with Crippen LogP contribution >= 0.6 is 0 Å². The molecule has 0 aliphatic carbocycles.